The van der Waals surface area contributed by atoms with Crippen LogP contribution in [0.1, 0.15) is 12.0 Å². The standard InChI is InChI=1S/C25H27NS2/c1-2-19-26(21-22-12-6-3-7-13-22)20-18-25(27-23-14-8-4-9-15-23)28-24-16-10-5-11-17-24/h2-17,25H,1,18-21H2. The Morgan fingerprint density at radius 3 is 1.75 bits per heavy atom. The zero-order chi connectivity index (χ0) is 19.4. The monoisotopic (exact) mass is 405 g/mol. The molecule has 0 heterocycles. The fourth-order valence-corrected chi connectivity index (χ4v) is 5.53. The summed E-state index contributed by atoms with van der Waals surface area (Å²) in [6.45, 7) is 6.87. The van der Waals surface area contributed by atoms with Crippen LogP contribution in [0.5, 0.6) is 0 Å². The third kappa shape index (κ3) is 7.23. The second kappa shape index (κ2) is 11.8. The minimum Gasteiger partial charge on any atom is -0.295 e. The van der Waals surface area contributed by atoms with Gasteiger partial charge in [-0.1, -0.05) is 72.8 Å². The SMILES string of the molecule is C=CCN(CCC(Sc1ccccc1)Sc1ccccc1)Cc1ccccc1. The van der Waals surface area contributed by atoms with Gasteiger partial charge in [-0.3, -0.25) is 4.90 Å². The summed E-state index contributed by atoms with van der Waals surface area (Å²) >= 11 is 3.92. The largest absolute Gasteiger partial charge is 0.295 e. The summed E-state index contributed by atoms with van der Waals surface area (Å²) in [5.74, 6) is 0. The minimum absolute atomic E-state index is 0.466. The summed E-state index contributed by atoms with van der Waals surface area (Å²) in [5, 5.41) is 0. The highest BCUT2D eigenvalue weighted by Crippen LogP contribution is 2.37. The molecule has 0 spiro atoms. The summed E-state index contributed by atoms with van der Waals surface area (Å²) in [5.41, 5.74) is 1.35. The van der Waals surface area contributed by atoms with E-state index in [1.54, 1.807) is 0 Å². The molecule has 3 heteroatoms. The van der Waals surface area contributed by atoms with Crippen LogP contribution in [0.25, 0.3) is 0 Å². The number of hydrogen-bond acceptors (Lipinski definition) is 3. The highest BCUT2D eigenvalue weighted by molar-refractivity contribution is 8.17. The summed E-state index contributed by atoms with van der Waals surface area (Å²) in [6.07, 6.45) is 3.12. The summed E-state index contributed by atoms with van der Waals surface area (Å²) in [6, 6.07) is 32.1. The molecule has 1 nitrogen and oxygen atoms in total. The van der Waals surface area contributed by atoms with Crippen LogP contribution < -0.4 is 0 Å². The van der Waals surface area contributed by atoms with E-state index in [-0.39, 0.29) is 0 Å². The number of benzene rings is 3. The van der Waals surface area contributed by atoms with Gasteiger partial charge in [0.1, 0.15) is 0 Å². The minimum atomic E-state index is 0.466. The maximum absolute atomic E-state index is 3.95. The molecular weight excluding hydrogens is 378 g/mol. The second-order valence-corrected chi connectivity index (χ2v) is 9.44. The molecule has 0 saturated heterocycles. The van der Waals surface area contributed by atoms with Crippen molar-refractivity contribution >= 4 is 23.5 Å². The fourth-order valence-electron chi connectivity index (χ4n) is 2.99. The van der Waals surface area contributed by atoms with Gasteiger partial charge >= 0.3 is 0 Å². The Morgan fingerprint density at radius 2 is 1.25 bits per heavy atom. The Morgan fingerprint density at radius 1 is 0.750 bits per heavy atom. The molecule has 0 aromatic heterocycles. The van der Waals surface area contributed by atoms with Gasteiger partial charge in [0.25, 0.3) is 0 Å². The van der Waals surface area contributed by atoms with Gasteiger partial charge in [-0.05, 0) is 36.2 Å². The van der Waals surface area contributed by atoms with Crippen molar-refractivity contribution in [1.29, 1.82) is 0 Å². The van der Waals surface area contributed by atoms with Gasteiger partial charge in [0, 0.05) is 29.4 Å². The molecular formula is C25H27NS2. The molecule has 0 fully saturated rings. The molecule has 0 radical (unpaired) electrons. The lowest BCUT2D eigenvalue weighted by Gasteiger charge is -2.24. The zero-order valence-corrected chi connectivity index (χ0v) is 17.7. The maximum Gasteiger partial charge on any atom is 0.0609 e. The predicted molar refractivity (Wildman–Crippen MR) is 125 cm³/mol. The Hall–Kier alpha value is -1.94. The van der Waals surface area contributed by atoms with Gasteiger partial charge in [0.2, 0.25) is 0 Å². The van der Waals surface area contributed by atoms with E-state index in [0.717, 1.165) is 26.1 Å². The lowest BCUT2D eigenvalue weighted by atomic mass is 10.2. The lowest BCUT2D eigenvalue weighted by molar-refractivity contribution is 0.294. The highest BCUT2D eigenvalue weighted by Gasteiger charge is 2.15. The Balaban J connectivity index is 1.65. The molecule has 3 aromatic rings. The predicted octanol–water partition coefficient (Wildman–Crippen LogP) is 6.98. The number of nitrogens with zero attached hydrogens (tertiary/aromatic N) is 1. The van der Waals surface area contributed by atoms with E-state index in [4.69, 9.17) is 0 Å². The third-order valence-electron chi connectivity index (χ3n) is 4.34. The van der Waals surface area contributed by atoms with E-state index in [1.807, 2.05) is 29.6 Å². The van der Waals surface area contributed by atoms with Crippen molar-refractivity contribution in [3.63, 3.8) is 0 Å². The van der Waals surface area contributed by atoms with Gasteiger partial charge < -0.3 is 0 Å². The molecule has 0 aliphatic rings. The van der Waals surface area contributed by atoms with E-state index >= 15 is 0 Å². The molecule has 0 amide bonds. The van der Waals surface area contributed by atoms with Crippen LogP contribution in [-0.2, 0) is 6.54 Å². The van der Waals surface area contributed by atoms with Gasteiger partial charge in [-0.25, -0.2) is 0 Å². The first-order valence-electron chi connectivity index (χ1n) is 9.64. The number of thioether (sulfide) groups is 2. The first-order valence-corrected chi connectivity index (χ1v) is 11.4. The zero-order valence-electron chi connectivity index (χ0n) is 16.1. The Labute approximate surface area is 177 Å². The van der Waals surface area contributed by atoms with Crippen LogP contribution in [0.2, 0.25) is 0 Å². The molecule has 3 aromatic carbocycles. The van der Waals surface area contributed by atoms with E-state index in [9.17, 15) is 0 Å². The van der Waals surface area contributed by atoms with Crippen molar-refractivity contribution < 1.29 is 0 Å². The summed E-state index contributed by atoms with van der Waals surface area (Å²) in [7, 11) is 0. The Bertz CT molecular complexity index is 764. The molecule has 0 bridgehead atoms. The van der Waals surface area contributed by atoms with Crippen molar-refractivity contribution in [2.75, 3.05) is 13.1 Å². The molecule has 0 saturated carbocycles. The van der Waals surface area contributed by atoms with Crippen molar-refractivity contribution in [2.24, 2.45) is 0 Å². The molecule has 0 aliphatic heterocycles. The van der Waals surface area contributed by atoms with Crippen LogP contribution in [0.4, 0.5) is 0 Å². The van der Waals surface area contributed by atoms with Crippen molar-refractivity contribution in [3.05, 3.63) is 109 Å². The number of rotatable bonds is 11. The van der Waals surface area contributed by atoms with Crippen LogP contribution in [0, 0.1) is 0 Å². The molecule has 144 valence electrons. The van der Waals surface area contributed by atoms with Gasteiger partial charge in [-0.2, -0.15) is 0 Å². The average molecular weight is 406 g/mol. The first kappa shape index (κ1) is 20.8. The van der Waals surface area contributed by atoms with E-state index in [2.05, 4.69) is 102 Å². The van der Waals surface area contributed by atoms with Crippen LogP contribution in [-0.4, -0.2) is 22.6 Å². The topological polar surface area (TPSA) is 3.24 Å². The van der Waals surface area contributed by atoms with E-state index in [1.165, 1.54) is 15.4 Å². The van der Waals surface area contributed by atoms with Crippen LogP contribution in [0.3, 0.4) is 0 Å². The third-order valence-corrected chi connectivity index (χ3v) is 7.00. The molecule has 0 aliphatic carbocycles. The second-order valence-electron chi connectivity index (χ2n) is 6.59. The van der Waals surface area contributed by atoms with Gasteiger partial charge in [-0.15, -0.1) is 30.1 Å². The fraction of sp³-hybridized carbons (Fsp3) is 0.200. The molecule has 28 heavy (non-hydrogen) atoms. The van der Waals surface area contributed by atoms with Crippen molar-refractivity contribution in [3.8, 4) is 0 Å². The van der Waals surface area contributed by atoms with E-state index in [0.29, 0.717) is 4.58 Å². The quantitative estimate of drug-likeness (QED) is 0.192. The molecule has 0 atom stereocenters. The average Bonchev–Trinajstić information content (AvgIpc) is 2.74. The maximum atomic E-state index is 3.95. The summed E-state index contributed by atoms with van der Waals surface area (Å²) < 4.78 is 0.466. The number of hydrogen-bond donors (Lipinski definition) is 0. The normalized spacial score (nSPS) is 11.1. The Kier molecular flexibility index (Phi) is 8.76. The summed E-state index contributed by atoms with van der Waals surface area (Å²) in [4.78, 5) is 5.13. The highest BCUT2D eigenvalue weighted by atomic mass is 32.2. The van der Waals surface area contributed by atoms with Crippen LogP contribution in [0.15, 0.2) is 113 Å². The molecule has 3 rings (SSSR count). The molecule has 0 N–H and O–H groups in total. The van der Waals surface area contributed by atoms with E-state index < -0.39 is 0 Å². The smallest absolute Gasteiger partial charge is 0.0609 e. The first-order chi connectivity index (χ1) is 13.8. The lowest BCUT2D eigenvalue weighted by Crippen LogP contribution is -2.26. The van der Waals surface area contributed by atoms with Crippen molar-refractivity contribution in [1.82, 2.24) is 4.90 Å². The van der Waals surface area contributed by atoms with Crippen LogP contribution >= 0.6 is 23.5 Å². The van der Waals surface area contributed by atoms with Gasteiger partial charge in [0.15, 0.2) is 0 Å². The molecule has 0 unspecified atom stereocenters. The van der Waals surface area contributed by atoms with Crippen molar-refractivity contribution in [2.45, 2.75) is 27.3 Å². The van der Waals surface area contributed by atoms with Gasteiger partial charge in [0.05, 0.1) is 4.58 Å².